The van der Waals surface area contributed by atoms with E-state index >= 15 is 0 Å². The number of anilines is 1. The van der Waals surface area contributed by atoms with Crippen LogP contribution in [0.4, 0.5) is 14.9 Å². The quantitative estimate of drug-likeness (QED) is 0.439. The van der Waals surface area contributed by atoms with E-state index in [-0.39, 0.29) is 31.4 Å². The third-order valence-electron chi connectivity index (χ3n) is 6.23. The fourth-order valence-corrected chi connectivity index (χ4v) is 4.07. The van der Waals surface area contributed by atoms with Crippen LogP contribution in [0.3, 0.4) is 0 Å². The Morgan fingerprint density at radius 3 is 2.39 bits per heavy atom. The largest absolute Gasteiger partial charge is 0.467 e. The zero-order valence-corrected chi connectivity index (χ0v) is 21.0. The molecule has 0 aliphatic carbocycles. The number of carbonyl (C=O) groups is 2. The smallest absolute Gasteiger partial charge is 0.322 e. The highest BCUT2D eigenvalue weighted by Gasteiger charge is 2.24. The number of nitrogens with one attached hydrogen (secondary N) is 1. The number of morpholine rings is 1. The van der Waals surface area contributed by atoms with Crippen LogP contribution in [0.2, 0.25) is 0 Å². The first-order valence-electron chi connectivity index (χ1n) is 12.4. The number of urea groups is 1. The molecule has 4 rings (SSSR count). The van der Waals surface area contributed by atoms with E-state index in [2.05, 4.69) is 10.2 Å². The first kappa shape index (κ1) is 26.9. The molecular formula is C28H30FN5O4. The Morgan fingerprint density at radius 1 is 1.00 bits per heavy atom. The summed E-state index contributed by atoms with van der Waals surface area (Å²) in [5.74, 6) is -0.0310. The molecule has 10 heteroatoms. The molecule has 0 bridgehead atoms. The summed E-state index contributed by atoms with van der Waals surface area (Å²) in [5, 5.41) is 11.9. The zero-order chi connectivity index (χ0) is 26.7. The van der Waals surface area contributed by atoms with Crippen molar-refractivity contribution in [3.63, 3.8) is 0 Å². The van der Waals surface area contributed by atoms with Gasteiger partial charge in [-0.25, -0.2) is 9.18 Å². The fraction of sp³-hybridized carbons (Fsp3) is 0.321. The number of nitriles is 1. The van der Waals surface area contributed by atoms with Crippen molar-refractivity contribution in [2.45, 2.75) is 13.1 Å². The van der Waals surface area contributed by atoms with Gasteiger partial charge in [0.15, 0.2) is 0 Å². The van der Waals surface area contributed by atoms with E-state index in [0.717, 1.165) is 18.7 Å². The average Bonchev–Trinajstić information content (AvgIpc) is 3.46. The van der Waals surface area contributed by atoms with E-state index in [1.165, 1.54) is 23.3 Å². The summed E-state index contributed by atoms with van der Waals surface area (Å²) >= 11 is 0. The van der Waals surface area contributed by atoms with E-state index in [4.69, 9.17) is 14.4 Å². The SMILES string of the molecule is N#Cc1ccc(NC(=O)N(CCN2CCOCC2)CC(=O)N(Cc2ccc(F)cc2)Cc2ccco2)cc1. The third-order valence-corrected chi connectivity index (χ3v) is 6.23. The van der Waals surface area contributed by atoms with Crippen molar-refractivity contribution in [2.24, 2.45) is 0 Å². The predicted molar refractivity (Wildman–Crippen MR) is 138 cm³/mol. The summed E-state index contributed by atoms with van der Waals surface area (Å²) in [7, 11) is 0. The van der Waals surface area contributed by atoms with Crippen LogP contribution in [-0.4, -0.2) is 72.6 Å². The molecule has 9 nitrogen and oxygen atoms in total. The molecule has 0 unspecified atom stereocenters. The van der Waals surface area contributed by atoms with Crippen LogP contribution in [0, 0.1) is 17.1 Å². The second-order valence-corrected chi connectivity index (χ2v) is 8.95. The Kier molecular flexibility index (Phi) is 9.45. The molecule has 1 N–H and O–H groups in total. The molecule has 2 aromatic carbocycles. The van der Waals surface area contributed by atoms with Gasteiger partial charge in [0, 0.05) is 38.4 Å². The number of amides is 3. The summed E-state index contributed by atoms with van der Waals surface area (Å²) in [6, 6.07) is 17.6. The number of hydrogen-bond acceptors (Lipinski definition) is 6. The van der Waals surface area contributed by atoms with Crippen molar-refractivity contribution in [2.75, 3.05) is 51.3 Å². The Hall–Kier alpha value is -4.20. The first-order valence-corrected chi connectivity index (χ1v) is 12.4. The lowest BCUT2D eigenvalue weighted by molar-refractivity contribution is -0.133. The van der Waals surface area contributed by atoms with Crippen molar-refractivity contribution in [3.8, 4) is 6.07 Å². The van der Waals surface area contributed by atoms with Crippen LogP contribution in [0.5, 0.6) is 0 Å². The Balaban J connectivity index is 1.48. The number of ether oxygens (including phenoxy) is 1. The predicted octanol–water partition coefficient (Wildman–Crippen LogP) is 3.69. The summed E-state index contributed by atoms with van der Waals surface area (Å²) in [6.45, 7) is 3.98. The maximum absolute atomic E-state index is 13.6. The maximum atomic E-state index is 13.6. The molecule has 1 fully saturated rings. The van der Waals surface area contributed by atoms with E-state index in [1.54, 1.807) is 53.4 Å². The molecule has 0 saturated carbocycles. The van der Waals surface area contributed by atoms with Crippen LogP contribution in [0.15, 0.2) is 71.3 Å². The molecule has 1 saturated heterocycles. The Labute approximate surface area is 221 Å². The highest BCUT2D eigenvalue weighted by Crippen LogP contribution is 2.14. The lowest BCUT2D eigenvalue weighted by Crippen LogP contribution is -2.48. The molecule has 3 amide bonds. The van der Waals surface area contributed by atoms with Gasteiger partial charge in [-0.3, -0.25) is 9.69 Å². The molecule has 1 aliphatic heterocycles. The second-order valence-electron chi connectivity index (χ2n) is 8.95. The third kappa shape index (κ3) is 7.90. The fourth-order valence-electron chi connectivity index (χ4n) is 4.07. The van der Waals surface area contributed by atoms with E-state index in [1.807, 2.05) is 6.07 Å². The van der Waals surface area contributed by atoms with Gasteiger partial charge in [-0.05, 0) is 54.1 Å². The van der Waals surface area contributed by atoms with Gasteiger partial charge >= 0.3 is 6.03 Å². The molecule has 198 valence electrons. The molecule has 38 heavy (non-hydrogen) atoms. The van der Waals surface area contributed by atoms with Gasteiger partial charge in [0.1, 0.15) is 18.1 Å². The number of halogens is 1. The number of furan rings is 1. The van der Waals surface area contributed by atoms with Gasteiger partial charge in [0.2, 0.25) is 5.91 Å². The Bertz CT molecular complexity index is 1220. The highest BCUT2D eigenvalue weighted by atomic mass is 19.1. The van der Waals surface area contributed by atoms with Gasteiger partial charge in [-0.2, -0.15) is 5.26 Å². The molecule has 2 heterocycles. The molecule has 1 aromatic heterocycles. The van der Waals surface area contributed by atoms with Crippen LogP contribution in [0.25, 0.3) is 0 Å². The van der Waals surface area contributed by atoms with Gasteiger partial charge in [-0.15, -0.1) is 0 Å². The minimum Gasteiger partial charge on any atom is -0.467 e. The summed E-state index contributed by atoms with van der Waals surface area (Å²) < 4.78 is 24.3. The van der Waals surface area contributed by atoms with E-state index in [9.17, 15) is 14.0 Å². The molecular weight excluding hydrogens is 489 g/mol. The van der Waals surface area contributed by atoms with Gasteiger partial charge < -0.3 is 24.3 Å². The maximum Gasteiger partial charge on any atom is 0.322 e. The van der Waals surface area contributed by atoms with Crippen LogP contribution < -0.4 is 5.32 Å². The topological polar surface area (TPSA) is 102 Å². The molecule has 0 radical (unpaired) electrons. The molecule has 3 aromatic rings. The highest BCUT2D eigenvalue weighted by molar-refractivity contribution is 5.92. The van der Waals surface area contributed by atoms with Gasteiger partial charge in [0.25, 0.3) is 0 Å². The number of rotatable bonds is 10. The minimum absolute atomic E-state index is 0.158. The standard InChI is InChI=1S/C28H30FN5O4/c29-24-7-3-23(4-8-24)19-34(20-26-2-1-15-38-26)27(35)21-33(12-11-32-13-16-37-17-14-32)28(36)31-25-9-5-22(18-30)6-10-25/h1-10,15H,11-14,16-17,19-21H2,(H,31,36). The summed E-state index contributed by atoms with van der Waals surface area (Å²) in [6.07, 6.45) is 1.54. The number of hydrogen-bond donors (Lipinski definition) is 1. The van der Waals surface area contributed by atoms with E-state index < -0.39 is 6.03 Å². The zero-order valence-electron chi connectivity index (χ0n) is 21.0. The van der Waals surface area contributed by atoms with Crippen LogP contribution >= 0.6 is 0 Å². The lowest BCUT2D eigenvalue weighted by Gasteiger charge is -2.31. The van der Waals surface area contributed by atoms with Crippen LogP contribution in [-0.2, 0) is 22.6 Å². The molecule has 0 spiro atoms. The van der Waals surface area contributed by atoms with Gasteiger partial charge in [0.05, 0.1) is 37.7 Å². The van der Waals surface area contributed by atoms with Crippen molar-refractivity contribution in [1.29, 1.82) is 5.26 Å². The molecule has 1 aliphatic rings. The minimum atomic E-state index is -0.420. The van der Waals surface area contributed by atoms with E-state index in [0.29, 0.717) is 43.3 Å². The van der Waals surface area contributed by atoms with Crippen molar-refractivity contribution >= 4 is 17.6 Å². The van der Waals surface area contributed by atoms with Crippen LogP contribution in [0.1, 0.15) is 16.9 Å². The normalized spacial score (nSPS) is 13.5. The molecule has 0 atom stereocenters. The van der Waals surface area contributed by atoms with Crippen molar-refractivity contribution in [1.82, 2.24) is 14.7 Å². The number of benzene rings is 2. The first-order chi connectivity index (χ1) is 18.5. The summed E-state index contributed by atoms with van der Waals surface area (Å²) in [4.78, 5) is 32.1. The van der Waals surface area contributed by atoms with Crippen molar-refractivity contribution < 1.29 is 23.1 Å². The van der Waals surface area contributed by atoms with Crippen molar-refractivity contribution in [3.05, 3.63) is 89.6 Å². The summed E-state index contributed by atoms with van der Waals surface area (Å²) in [5.41, 5.74) is 1.77. The second kappa shape index (κ2) is 13.4. The number of carbonyl (C=O) groups excluding carboxylic acids is 2. The Morgan fingerprint density at radius 2 is 1.74 bits per heavy atom. The monoisotopic (exact) mass is 519 g/mol. The number of nitrogens with zero attached hydrogens (tertiary/aromatic N) is 4. The average molecular weight is 520 g/mol. The lowest BCUT2D eigenvalue weighted by atomic mass is 10.2. The van der Waals surface area contributed by atoms with Gasteiger partial charge in [-0.1, -0.05) is 12.1 Å².